The van der Waals surface area contributed by atoms with E-state index >= 15 is 0 Å². The van der Waals surface area contributed by atoms with Crippen molar-refractivity contribution >= 4 is 75.8 Å². The Labute approximate surface area is 579 Å². The first kappa shape index (κ1) is 62.9. The van der Waals surface area contributed by atoms with Crippen LogP contribution in [0.3, 0.4) is 0 Å². The maximum Gasteiger partial charge on any atom is 0.266 e. The number of imide groups is 4. The van der Waals surface area contributed by atoms with Crippen LogP contribution < -0.4 is 19.6 Å². The zero-order chi connectivity index (χ0) is 68.9. The second-order valence-corrected chi connectivity index (χ2v) is 27.6. The lowest BCUT2D eigenvalue weighted by atomic mass is 9.55. The Morgan fingerprint density at radius 1 is 0.290 bits per heavy atom. The van der Waals surface area contributed by atoms with Crippen molar-refractivity contribution in [3.8, 4) is 0 Å². The molecule has 10 unspecified atom stereocenters. The van der Waals surface area contributed by atoms with Gasteiger partial charge < -0.3 is 0 Å². The van der Waals surface area contributed by atoms with E-state index in [-0.39, 0.29) is 92.5 Å². The Morgan fingerprint density at radius 3 is 0.870 bits per heavy atom. The van der Waals surface area contributed by atoms with Crippen LogP contribution in [0.2, 0.25) is 0 Å². The van der Waals surface area contributed by atoms with Crippen LogP contribution in [0.4, 0.5) is 22.7 Å². The van der Waals surface area contributed by atoms with Gasteiger partial charge in [-0.25, -0.2) is 14.7 Å². The summed E-state index contributed by atoms with van der Waals surface area (Å²) in [6.07, 6.45) is 0.963. The molecule has 490 valence electrons. The minimum absolute atomic E-state index is 0.0487. The van der Waals surface area contributed by atoms with E-state index in [1.807, 2.05) is 170 Å². The number of rotatable bonds is 14. The van der Waals surface area contributed by atoms with Gasteiger partial charge in [0.2, 0.25) is 23.6 Å². The van der Waals surface area contributed by atoms with Crippen LogP contribution in [0.25, 0.3) is 0 Å². The molecule has 10 atom stereocenters. The third-order valence-corrected chi connectivity index (χ3v) is 22.4. The summed E-state index contributed by atoms with van der Waals surface area (Å²) in [6.45, 7) is 8.60. The quantitative estimate of drug-likeness (QED) is 0.0585. The van der Waals surface area contributed by atoms with Crippen molar-refractivity contribution in [3.05, 3.63) is 344 Å². The van der Waals surface area contributed by atoms with Crippen molar-refractivity contribution in [2.24, 2.45) is 35.5 Å². The number of fused-ring (bicyclic) bond motifs is 4. The fourth-order valence-corrected chi connectivity index (χ4v) is 17.3. The van der Waals surface area contributed by atoms with E-state index in [0.717, 1.165) is 65.5 Å². The molecule has 0 spiro atoms. The molecule has 3 fully saturated rings. The molecule has 8 amide bonds. The molecule has 1 saturated carbocycles. The number of allylic oxidation sites excluding steroid dienone is 2. The van der Waals surface area contributed by atoms with Crippen LogP contribution in [0.1, 0.15) is 153 Å². The first-order valence-electron chi connectivity index (χ1n) is 34.1. The molecule has 0 aromatic heterocycles. The highest BCUT2D eigenvalue weighted by Crippen LogP contribution is 2.59. The van der Waals surface area contributed by atoms with Crippen molar-refractivity contribution in [3.63, 3.8) is 0 Å². The second kappa shape index (κ2) is 24.9. The van der Waals surface area contributed by atoms with E-state index in [1.54, 1.807) is 24.3 Å². The monoisotopic (exact) mass is 1310 g/mol. The third kappa shape index (κ3) is 10.3. The number of anilines is 4. The minimum Gasteiger partial charge on any atom is -0.289 e. The molecular formula is C87H68N4O9. The summed E-state index contributed by atoms with van der Waals surface area (Å²) in [5.41, 5.74) is 12.3. The zero-order valence-electron chi connectivity index (χ0n) is 55.4. The molecule has 4 heterocycles. The summed E-state index contributed by atoms with van der Waals surface area (Å²) in [6, 6.07) is 77.9. The van der Waals surface area contributed by atoms with Crippen LogP contribution in [0.15, 0.2) is 266 Å². The fraction of sp³-hybridized carbons (Fsp3) is 0.184. The van der Waals surface area contributed by atoms with E-state index in [0.29, 0.717) is 35.6 Å². The summed E-state index contributed by atoms with van der Waals surface area (Å²) < 4.78 is 0. The summed E-state index contributed by atoms with van der Waals surface area (Å²) >= 11 is 0. The number of ketones is 1. The van der Waals surface area contributed by atoms with Gasteiger partial charge in [-0.15, -0.1) is 0 Å². The van der Waals surface area contributed by atoms with Crippen molar-refractivity contribution < 1.29 is 43.2 Å². The average molecular weight is 1310 g/mol. The minimum atomic E-state index is -0.603. The Hall–Kier alpha value is -11.8. The van der Waals surface area contributed by atoms with Gasteiger partial charge in [0.25, 0.3) is 23.6 Å². The predicted molar refractivity (Wildman–Crippen MR) is 382 cm³/mol. The molecule has 10 aromatic carbocycles. The van der Waals surface area contributed by atoms with Crippen molar-refractivity contribution in [2.75, 3.05) is 19.6 Å². The van der Waals surface area contributed by atoms with Crippen molar-refractivity contribution in [1.29, 1.82) is 0 Å². The molecule has 0 bridgehead atoms. The summed E-state index contributed by atoms with van der Waals surface area (Å²) in [7, 11) is 0. The summed E-state index contributed by atoms with van der Waals surface area (Å²) in [5, 5.41) is 0. The smallest absolute Gasteiger partial charge is 0.266 e. The van der Waals surface area contributed by atoms with Crippen LogP contribution in [0.5, 0.6) is 0 Å². The Bertz CT molecular complexity index is 4760. The molecule has 4 aliphatic heterocycles. The fourth-order valence-electron chi connectivity index (χ4n) is 17.3. The molecular weight excluding hydrogens is 1240 g/mol. The maximum atomic E-state index is 14.7. The number of hydrogen-bond acceptors (Lipinski definition) is 9. The number of carbonyl (C=O) groups is 9. The van der Waals surface area contributed by atoms with E-state index in [9.17, 15) is 43.2 Å². The number of benzene rings is 10. The SMILES string of the molecule is CC1=C(C)C(c2ccccc2)C2C(=O)N(c3ccc(Cc4ccc(N5C(=O)c6ccc(C(=O)c7ccc8c(c7)C(=O)N(c7ccc(Cc9ccc(N%10C(=O)C%11C(C%10=O)C(c%10ccccc%10)C(C)C(C)C%11c%10ccccc%10)cc9)cc7)C8=O)cc6C5=O)cc4)cc3)C(=O)C2C1c1ccccc1. The van der Waals surface area contributed by atoms with Gasteiger partial charge >= 0.3 is 0 Å². The van der Waals surface area contributed by atoms with Crippen molar-refractivity contribution in [2.45, 2.75) is 64.2 Å². The number of hydrogen-bond donors (Lipinski definition) is 0. The molecule has 13 heteroatoms. The second-order valence-electron chi connectivity index (χ2n) is 27.6. The molecule has 100 heavy (non-hydrogen) atoms. The van der Waals surface area contributed by atoms with Crippen molar-refractivity contribution in [1.82, 2.24) is 0 Å². The normalized spacial score (nSPS) is 23.2. The van der Waals surface area contributed by atoms with Crippen LogP contribution in [-0.4, -0.2) is 53.0 Å². The third-order valence-electron chi connectivity index (χ3n) is 22.4. The van der Waals surface area contributed by atoms with Gasteiger partial charge in [-0.3, -0.25) is 48.1 Å². The summed E-state index contributed by atoms with van der Waals surface area (Å²) in [4.78, 5) is 134. The number of carbonyl (C=O) groups excluding carboxylic acids is 9. The molecule has 10 aromatic rings. The summed E-state index contributed by atoms with van der Waals surface area (Å²) in [5.74, 6) is -6.31. The molecule has 2 aliphatic carbocycles. The molecule has 0 N–H and O–H groups in total. The van der Waals surface area contributed by atoms with E-state index in [1.165, 1.54) is 46.2 Å². The van der Waals surface area contributed by atoms with Crippen LogP contribution in [-0.2, 0) is 32.0 Å². The van der Waals surface area contributed by atoms with Crippen LogP contribution >= 0.6 is 0 Å². The number of amides is 8. The first-order valence-corrected chi connectivity index (χ1v) is 34.1. The van der Waals surface area contributed by atoms with E-state index in [2.05, 4.69) is 52.0 Å². The first-order chi connectivity index (χ1) is 48.5. The van der Waals surface area contributed by atoms with Gasteiger partial charge in [0, 0.05) is 23.0 Å². The lowest BCUT2D eigenvalue weighted by molar-refractivity contribution is -0.124. The number of nitrogens with zero attached hydrogens (tertiary/aromatic N) is 4. The van der Waals surface area contributed by atoms with Gasteiger partial charge in [0.1, 0.15) is 0 Å². The standard InChI is InChI=1S/C87H68N4O9/c1-49-50(2)72(58-19-11-6-12-20-58)76-75(71(49)57-17-9-5-10-18-57)84(97)90(85(76)98)65-39-29-55(30-40-65)45-53-25-35-63(36-26-53)88-80(93)67-43-33-61(47-69(67)82(88)95)79(92)62-34-44-68-70(48-62)83(96)89(81(68)94)64-37-27-54(28-38-64)46-56-31-41-66(42-32-56)91-86(99)77-73(59-21-13-7-14-22-59)51(3)52(4)74(78(77)87(91)100)60-23-15-8-16-24-60/h5-44,47-50,71-78H,45-46H2,1-4H3. The maximum absolute atomic E-state index is 14.7. The highest BCUT2D eigenvalue weighted by Gasteiger charge is 2.61. The molecule has 6 aliphatic rings. The Morgan fingerprint density at radius 2 is 0.560 bits per heavy atom. The highest BCUT2D eigenvalue weighted by atomic mass is 16.2. The van der Waals surface area contributed by atoms with Crippen LogP contribution in [0, 0.1) is 35.5 Å². The Kier molecular flexibility index (Phi) is 15.7. The molecule has 13 nitrogen and oxygen atoms in total. The van der Waals surface area contributed by atoms with Gasteiger partial charge in [-0.1, -0.05) is 207 Å². The largest absolute Gasteiger partial charge is 0.289 e. The lowest BCUT2D eigenvalue weighted by Gasteiger charge is -2.46. The molecule has 16 rings (SSSR count). The van der Waals surface area contributed by atoms with Gasteiger partial charge in [0.15, 0.2) is 5.78 Å². The zero-order valence-corrected chi connectivity index (χ0v) is 55.4. The predicted octanol–water partition coefficient (Wildman–Crippen LogP) is 15.7. The lowest BCUT2D eigenvalue weighted by Crippen LogP contribution is -2.43. The molecule has 2 saturated heterocycles. The highest BCUT2D eigenvalue weighted by molar-refractivity contribution is 6.36. The van der Waals surface area contributed by atoms with Gasteiger partial charge in [0.05, 0.1) is 68.7 Å². The van der Waals surface area contributed by atoms with Gasteiger partial charge in [-0.2, -0.15) is 0 Å². The van der Waals surface area contributed by atoms with E-state index < -0.39 is 53.1 Å². The topological polar surface area (TPSA) is 167 Å². The Balaban J connectivity index is 0.562. The van der Waals surface area contributed by atoms with Gasteiger partial charge in [-0.05, 0) is 168 Å². The average Bonchev–Trinajstić information content (AvgIpc) is 1.55. The van der Waals surface area contributed by atoms with E-state index in [4.69, 9.17) is 0 Å². The molecule has 0 radical (unpaired) electrons.